The van der Waals surface area contributed by atoms with Crippen LogP contribution in [-0.4, -0.2) is 24.9 Å². The predicted octanol–water partition coefficient (Wildman–Crippen LogP) is 1.43. The van der Waals surface area contributed by atoms with Gasteiger partial charge in [0.05, 0.1) is 0 Å². The van der Waals surface area contributed by atoms with E-state index in [0.29, 0.717) is 18.4 Å². The minimum Gasteiger partial charge on any atom is -0.396 e. The predicted molar refractivity (Wildman–Crippen MR) is 44.4 cm³/mol. The second kappa shape index (κ2) is 4.73. The normalized spacial score (nSPS) is 29.5. The zero-order valence-corrected chi connectivity index (χ0v) is 7.25. The molecule has 1 aliphatic rings. The molecule has 1 N–H and O–H groups in total. The number of aliphatic hydroxyl groups is 1. The third-order valence-corrected chi connectivity index (χ3v) is 2.59. The zero-order chi connectivity index (χ0) is 8.10. The minimum atomic E-state index is 0.324. The molecule has 66 valence electrons. The lowest BCUT2D eigenvalue weighted by molar-refractivity contribution is 0.131. The van der Waals surface area contributed by atoms with Crippen LogP contribution in [0.15, 0.2) is 0 Å². The van der Waals surface area contributed by atoms with Crippen molar-refractivity contribution in [2.75, 3.05) is 19.8 Å². The standard InChI is InChI=1S/C9H18O2/c1-8(7-10)9-3-2-5-11-6-4-9/h8-10H,2-7H2,1H3/t8-,9?/m0/s1. The Morgan fingerprint density at radius 2 is 2.27 bits per heavy atom. The molecule has 0 amide bonds. The largest absolute Gasteiger partial charge is 0.396 e. The molecule has 11 heavy (non-hydrogen) atoms. The summed E-state index contributed by atoms with van der Waals surface area (Å²) in [5.41, 5.74) is 0. The molecule has 0 radical (unpaired) electrons. The average molecular weight is 158 g/mol. The molecule has 0 bridgehead atoms. The first-order valence-electron chi connectivity index (χ1n) is 4.53. The molecule has 1 rings (SSSR count). The first kappa shape index (κ1) is 9.01. The topological polar surface area (TPSA) is 29.5 Å². The molecule has 0 saturated carbocycles. The highest BCUT2D eigenvalue weighted by molar-refractivity contribution is 4.67. The van der Waals surface area contributed by atoms with Crippen LogP contribution in [0.25, 0.3) is 0 Å². The van der Waals surface area contributed by atoms with Crippen LogP contribution in [0.1, 0.15) is 26.2 Å². The fraction of sp³-hybridized carbons (Fsp3) is 1.00. The molecule has 0 aliphatic carbocycles. The highest BCUT2D eigenvalue weighted by Crippen LogP contribution is 2.23. The van der Waals surface area contributed by atoms with E-state index in [2.05, 4.69) is 6.92 Å². The van der Waals surface area contributed by atoms with Gasteiger partial charge in [-0.2, -0.15) is 0 Å². The Bertz CT molecular complexity index is 95.7. The van der Waals surface area contributed by atoms with E-state index >= 15 is 0 Å². The fourth-order valence-corrected chi connectivity index (χ4v) is 1.65. The van der Waals surface area contributed by atoms with Crippen molar-refractivity contribution in [3.05, 3.63) is 0 Å². The summed E-state index contributed by atoms with van der Waals surface area (Å²) >= 11 is 0. The summed E-state index contributed by atoms with van der Waals surface area (Å²) in [5.74, 6) is 1.14. The molecule has 0 aromatic carbocycles. The Hall–Kier alpha value is -0.0800. The minimum absolute atomic E-state index is 0.324. The van der Waals surface area contributed by atoms with Crippen molar-refractivity contribution in [2.45, 2.75) is 26.2 Å². The highest BCUT2D eigenvalue weighted by Gasteiger charge is 2.17. The summed E-state index contributed by atoms with van der Waals surface area (Å²) in [4.78, 5) is 0. The summed E-state index contributed by atoms with van der Waals surface area (Å²) in [6.07, 6.45) is 3.51. The SMILES string of the molecule is C[C@@H](CO)C1CCCOCC1. The molecule has 2 atom stereocenters. The molecule has 1 fully saturated rings. The molecule has 1 saturated heterocycles. The molecule has 0 spiro atoms. The van der Waals surface area contributed by atoms with Crippen LogP contribution in [-0.2, 0) is 4.74 Å². The zero-order valence-electron chi connectivity index (χ0n) is 7.25. The molecular formula is C9H18O2. The van der Waals surface area contributed by atoms with E-state index in [1.54, 1.807) is 0 Å². The van der Waals surface area contributed by atoms with E-state index in [0.717, 1.165) is 26.1 Å². The first-order chi connectivity index (χ1) is 5.34. The number of rotatable bonds is 2. The van der Waals surface area contributed by atoms with Crippen molar-refractivity contribution in [2.24, 2.45) is 11.8 Å². The van der Waals surface area contributed by atoms with E-state index in [-0.39, 0.29) is 0 Å². The van der Waals surface area contributed by atoms with E-state index in [4.69, 9.17) is 9.84 Å². The first-order valence-corrected chi connectivity index (χ1v) is 4.53. The van der Waals surface area contributed by atoms with Gasteiger partial charge in [0, 0.05) is 19.8 Å². The number of hydrogen-bond donors (Lipinski definition) is 1. The van der Waals surface area contributed by atoms with Crippen LogP contribution in [0.5, 0.6) is 0 Å². The van der Waals surface area contributed by atoms with Crippen molar-refractivity contribution < 1.29 is 9.84 Å². The van der Waals surface area contributed by atoms with E-state index in [1.807, 2.05) is 0 Å². The molecule has 0 aromatic rings. The summed E-state index contributed by atoms with van der Waals surface area (Å²) in [5, 5.41) is 8.94. The second-order valence-electron chi connectivity index (χ2n) is 3.46. The van der Waals surface area contributed by atoms with Gasteiger partial charge in [0.25, 0.3) is 0 Å². The van der Waals surface area contributed by atoms with Crippen LogP contribution in [0.4, 0.5) is 0 Å². The molecule has 1 unspecified atom stereocenters. The van der Waals surface area contributed by atoms with Crippen molar-refractivity contribution in [3.8, 4) is 0 Å². The average Bonchev–Trinajstić information content (AvgIpc) is 2.30. The Balaban J connectivity index is 2.30. The fourth-order valence-electron chi connectivity index (χ4n) is 1.65. The number of aliphatic hydroxyl groups excluding tert-OH is 1. The highest BCUT2D eigenvalue weighted by atomic mass is 16.5. The van der Waals surface area contributed by atoms with Gasteiger partial charge in [0.2, 0.25) is 0 Å². The molecule has 2 heteroatoms. The quantitative estimate of drug-likeness (QED) is 0.658. The smallest absolute Gasteiger partial charge is 0.0468 e. The summed E-state index contributed by atoms with van der Waals surface area (Å²) in [7, 11) is 0. The van der Waals surface area contributed by atoms with Crippen molar-refractivity contribution >= 4 is 0 Å². The Kier molecular flexibility index (Phi) is 3.87. The lowest BCUT2D eigenvalue weighted by Crippen LogP contribution is -2.15. The van der Waals surface area contributed by atoms with Crippen LogP contribution >= 0.6 is 0 Å². The van der Waals surface area contributed by atoms with Gasteiger partial charge in [-0.25, -0.2) is 0 Å². The molecule has 0 aromatic heterocycles. The van der Waals surface area contributed by atoms with Gasteiger partial charge in [-0.05, 0) is 31.1 Å². The molecule has 2 nitrogen and oxygen atoms in total. The Morgan fingerprint density at radius 3 is 3.00 bits per heavy atom. The monoisotopic (exact) mass is 158 g/mol. The summed E-state index contributed by atoms with van der Waals surface area (Å²) < 4.78 is 5.34. The third kappa shape index (κ3) is 2.80. The van der Waals surface area contributed by atoms with E-state index in [9.17, 15) is 0 Å². The van der Waals surface area contributed by atoms with Crippen molar-refractivity contribution in [1.29, 1.82) is 0 Å². The third-order valence-electron chi connectivity index (χ3n) is 2.59. The van der Waals surface area contributed by atoms with Crippen LogP contribution in [0.3, 0.4) is 0 Å². The van der Waals surface area contributed by atoms with Gasteiger partial charge in [0.1, 0.15) is 0 Å². The maximum absolute atomic E-state index is 8.94. The van der Waals surface area contributed by atoms with E-state index < -0.39 is 0 Å². The van der Waals surface area contributed by atoms with Crippen LogP contribution in [0.2, 0.25) is 0 Å². The number of hydrogen-bond acceptors (Lipinski definition) is 2. The molecular weight excluding hydrogens is 140 g/mol. The summed E-state index contributed by atoms with van der Waals surface area (Å²) in [6.45, 7) is 4.24. The van der Waals surface area contributed by atoms with Gasteiger partial charge in [-0.15, -0.1) is 0 Å². The van der Waals surface area contributed by atoms with Gasteiger partial charge in [0.15, 0.2) is 0 Å². The summed E-state index contributed by atoms with van der Waals surface area (Å²) in [6, 6.07) is 0. The lowest BCUT2D eigenvalue weighted by Gasteiger charge is -2.18. The van der Waals surface area contributed by atoms with Crippen LogP contribution < -0.4 is 0 Å². The molecule has 1 heterocycles. The Labute approximate surface area is 68.6 Å². The van der Waals surface area contributed by atoms with Gasteiger partial charge in [-0.1, -0.05) is 6.92 Å². The van der Waals surface area contributed by atoms with Crippen molar-refractivity contribution in [3.63, 3.8) is 0 Å². The number of ether oxygens (including phenoxy) is 1. The lowest BCUT2D eigenvalue weighted by atomic mass is 9.88. The maximum Gasteiger partial charge on any atom is 0.0468 e. The Morgan fingerprint density at radius 1 is 1.45 bits per heavy atom. The maximum atomic E-state index is 8.94. The molecule has 1 aliphatic heterocycles. The van der Waals surface area contributed by atoms with Crippen molar-refractivity contribution in [1.82, 2.24) is 0 Å². The van der Waals surface area contributed by atoms with Gasteiger partial charge in [-0.3, -0.25) is 0 Å². The van der Waals surface area contributed by atoms with Gasteiger partial charge >= 0.3 is 0 Å². The second-order valence-corrected chi connectivity index (χ2v) is 3.46. The van der Waals surface area contributed by atoms with E-state index in [1.165, 1.54) is 6.42 Å². The van der Waals surface area contributed by atoms with Crippen LogP contribution in [0, 0.1) is 11.8 Å². The van der Waals surface area contributed by atoms with Gasteiger partial charge < -0.3 is 9.84 Å².